The number of hydrogen-bond donors (Lipinski definition) is 2. The lowest BCUT2D eigenvalue weighted by Gasteiger charge is -2.24. The normalized spacial score (nSPS) is 32.5. The summed E-state index contributed by atoms with van der Waals surface area (Å²) in [6.45, 7) is 5.29. The minimum Gasteiger partial charge on any atom is -0.394 e. The molecule has 0 amide bonds. The third-order valence-electron chi connectivity index (χ3n) is 4.14. The first-order chi connectivity index (χ1) is 10.9. The Labute approximate surface area is 132 Å². The van der Waals surface area contributed by atoms with Gasteiger partial charge in [-0.3, -0.25) is 4.57 Å². The van der Waals surface area contributed by atoms with E-state index in [2.05, 4.69) is 15.0 Å². The highest BCUT2D eigenvalue weighted by Gasteiger charge is 2.55. The smallest absolute Gasteiger partial charge is 0.167 e. The fraction of sp³-hybridized carbons (Fsp3) is 0.643. The van der Waals surface area contributed by atoms with Crippen LogP contribution in [0.5, 0.6) is 0 Å². The van der Waals surface area contributed by atoms with Crippen molar-refractivity contribution >= 4 is 17.0 Å². The van der Waals surface area contributed by atoms with Gasteiger partial charge in [-0.1, -0.05) is 0 Å². The second-order valence-corrected chi connectivity index (χ2v) is 6.29. The zero-order valence-corrected chi connectivity index (χ0v) is 13.1. The van der Waals surface area contributed by atoms with Gasteiger partial charge < -0.3 is 25.1 Å². The summed E-state index contributed by atoms with van der Waals surface area (Å²) >= 11 is 0. The van der Waals surface area contributed by atoms with Crippen molar-refractivity contribution in [1.82, 2.24) is 19.5 Å². The first-order valence-electron chi connectivity index (χ1n) is 7.48. The van der Waals surface area contributed by atoms with Crippen LogP contribution in [0.2, 0.25) is 0 Å². The summed E-state index contributed by atoms with van der Waals surface area (Å²) in [5.74, 6) is 0.141. The topological polar surface area (TPSA) is 118 Å². The summed E-state index contributed by atoms with van der Waals surface area (Å²) in [5, 5.41) is 9.57. The third kappa shape index (κ3) is 2.19. The number of hydrogen-bond acceptors (Lipinski definition) is 8. The minimum atomic E-state index is -0.731. The molecule has 4 atom stereocenters. The van der Waals surface area contributed by atoms with Crippen LogP contribution in [0.25, 0.3) is 11.2 Å². The SMILES string of the molecule is Cc1nc(N)c2ncn(C3OC(CO)[C@H]4OC(C)(C)OC34)c2n1. The van der Waals surface area contributed by atoms with E-state index in [0.717, 1.165) is 0 Å². The predicted molar refractivity (Wildman–Crippen MR) is 79.3 cm³/mol. The number of anilines is 1. The molecule has 23 heavy (non-hydrogen) atoms. The van der Waals surface area contributed by atoms with Crippen LogP contribution in [0.3, 0.4) is 0 Å². The quantitative estimate of drug-likeness (QED) is 0.801. The second-order valence-electron chi connectivity index (χ2n) is 6.29. The molecule has 3 N–H and O–H groups in total. The molecule has 0 bridgehead atoms. The van der Waals surface area contributed by atoms with E-state index in [-0.39, 0.29) is 18.8 Å². The summed E-state index contributed by atoms with van der Waals surface area (Å²) in [6.07, 6.45) is -0.0819. The molecule has 0 saturated carbocycles. The Morgan fingerprint density at radius 2 is 2.04 bits per heavy atom. The van der Waals surface area contributed by atoms with E-state index in [4.69, 9.17) is 19.9 Å². The molecule has 4 rings (SSSR count). The average Bonchev–Trinajstić information content (AvgIpc) is 3.09. The first-order valence-corrected chi connectivity index (χ1v) is 7.48. The first kappa shape index (κ1) is 14.8. The number of aliphatic hydroxyl groups is 1. The Morgan fingerprint density at radius 1 is 1.30 bits per heavy atom. The van der Waals surface area contributed by atoms with Gasteiger partial charge in [-0.2, -0.15) is 0 Å². The van der Waals surface area contributed by atoms with Gasteiger partial charge in [0.05, 0.1) is 12.9 Å². The maximum absolute atomic E-state index is 9.57. The molecular weight excluding hydrogens is 302 g/mol. The molecular formula is C14H19N5O4. The number of aryl methyl sites for hydroxylation is 1. The number of ether oxygens (including phenoxy) is 3. The lowest BCUT2D eigenvalue weighted by molar-refractivity contribution is -0.199. The fourth-order valence-electron chi connectivity index (χ4n) is 3.27. The van der Waals surface area contributed by atoms with Crippen molar-refractivity contribution in [3.63, 3.8) is 0 Å². The molecule has 0 radical (unpaired) electrons. The van der Waals surface area contributed by atoms with Crippen LogP contribution in [0.1, 0.15) is 25.9 Å². The molecule has 2 aromatic heterocycles. The van der Waals surface area contributed by atoms with Gasteiger partial charge in [0.2, 0.25) is 0 Å². The van der Waals surface area contributed by atoms with Gasteiger partial charge in [0, 0.05) is 0 Å². The maximum Gasteiger partial charge on any atom is 0.167 e. The summed E-state index contributed by atoms with van der Waals surface area (Å²) in [4.78, 5) is 12.8. The van der Waals surface area contributed by atoms with Crippen LogP contribution in [-0.4, -0.2) is 55.3 Å². The molecule has 2 fully saturated rings. The van der Waals surface area contributed by atoms with E-state index in [1.165, 1.54) is 0 Å². The molecule has 2 aromatic rings. The molecule has 9 nitrogen and oxygen atoms in total. The van der Waals surface area contributed by atoms with Crippen molar-refractivity contribution in [2.45, 2.75) is 51.1 Å². The molecule has 0 aromatic carbocycles. The average molecular weight is 321 g/mol. The van der Waals surface area contributed by atoms with Crippen LogP contribution < -0.4 is 5.73 Å². The van der Waals surface area contributed by atoms with E-state index in [9.17, 15) is 5.11 Å². The van der Waals surface area contributed by atoms with Crippen molar-refractivity contribution in [3.05, 3.63) is 12.2 Å². The van der Waals surface area contributed by atoms with E-state index in [1.807, 2.05) is 13.8 Å². The van der Waals surface area contributed by atoms with Crippen LogP contribution in [-0.2, 0) is 14.2 Å². The largest absolute Gasteiger partial charge is 0.394 e. The Balaban J connectivity index is 1.79. The van der Waals surface area contributed by atoms with E-state index in [1.54, 1.807) is 17.8 Å². The highest BCUT2D eigenvalue weighted by Crippen LogP contribution is 2.43. The van der Waals surface area contributed by atoms with Crippen LogP contribution in [0.4, 0.5) is 5.82 Å². The third-order valence-corrected chi connectivity index (χ3v) is 4.14. The molecule has 2 saturated heterocycles. The van der Waals surface area contributed by atoms with Crippen LogP contribution >= 0.6 is 0 Å². The molecule has 4 heterocycles. The van der Waals surface area contributed by atoms with E-state index in [0.29, 0.717) is 22.8 Å². The number of fused-ring (bicyclic) bond motifs is 2. The molecule has 9 heteroatoms. The molecule has 2 aliphatic rings. The summed E-state index contributed by atoms with van der Waals surface area (Å²) in [5.41, 5.74) is 7.00. The lowest BCUT2D eigenvalue weighted by Crippen LogP contribution is -2.31. The number of nitrogens with zero attached hydrogens (tertiary/aromatic N) is 4. The second kappa shape index (κ2) is 4.84. The number of nitrogens with two attached hydrogens (primary N) is 1. The number of imidazole rings is 1. The highest BCUT2D eigenvalue weighted by molar-refractivity contribution is 5.81. The van der Waals surface area contributed by atoms with Gasteiger partial charge >= 0.3 is 0 Å². The van der Waals surface area contributed by atoms with Gasteiger partial charge in [-0.15, -0.1) is 0 Å². The predicted octanol–water partition coefficient (Wildman–Crippen LogP) is 0.127. The van der Waals surface area contributed by atoms with Crippen molar-refractivity contribution < 1.29 is 19.3 Å². The van der Waals surface area contributed by atoms with Crippen LogP contribution in [0, 0.1) is 6.92 Å². The zero-order valence-electron chi connectivity index (χ0n) is 13.1. The van der Waals surface area contributed by atoms with E-state index < -0.39 is 18.1 Å². The lowest BCUT2D eigenvalue weighted by atomic mass is 10.1. The number of rotatable bonds is 2. The molecule has 0 aliphatic carbocycles. The number of nitrogen functional groups attached to an aromatic ring is 1. The van der Waals surface area contributed by atoms with Crippen molar-refractivity contribution in [1.29, 1.82) is 0 Å². The molecule has 2 aliphatic heterocycles. The summed E-state index contributed by atoms with van der Waals surface area (Å²) in [7, 11) is 0. The van der Waals surface area contributed by atoms with Crippen molar-refractivity contribution in [2.24, 2.45) is 0 Å². The van der Waals surface area contributed by atoms with Gasteiger partial charge in [0.1, 0.15) is 29.7 Å². The van der Waals surface area contributed by atoms with Crippen molar-refractivity contribution in [2.75, 3.05) is 12.3 Å². The van der Waals surface area contributed by atoms with E-state index >= 15 is 0 Å². The monoisotopic (exact) mass is 321 g/mol. The van der Waals surface area contributed by atoms with Crippen molar-refractivity contribution in [3.8, 4) is 0 Å². The van der Waals surface area contributed by atoms with Gasteiger partial charge in [-0.25, -0.2) is 15.0 Å². The Hall–Kier alpha value is -1.81. The Morgan fingerprint density at radius 3 is 2.78 bits per heavy atom. The standard InChI is InChI=1S/C14H19N5O4/c1-6-17-11(15)8-12(18-6)19(5-16-8)13-10-9(7(4-20)21-13)22-14(2,3)23-10/h5,7,9-10,13,20H,4H2,1-3H3,(H2,15,17,18)/t7?,9-,10?,13?/m1/s1. The Kier molecular flexibility index (Phi) is 3.11. The molecule has 3 unspecified atom stereocenters. The molecule has 124 valence electrons. The minimum absolute atomic E-state index is 0.153. The maximum atomic E-state index is 9.57. The fourth-order valence-corrected chi connectivity index (χ4v) is 3.27. The highest BCUT2D eigenvalue weighted by atomic mass is 16.8. The van der Waals surface area contributed by atoms with Crippen LogP contribution in [0.15, 0.2) is 6.33 Å². The number of aliphatic hydroxyl groups excluding tert-OH is 1. The van der Waals surface area contributed by atoms with Gasteiger partial charge in [0.15, 0.2) is 23.5 Å². The van der Waals surface area contributed by atoms with Gasteiger partial charge in [0.25, 0.3) is 0 Å². The summed E-state index contributed by atoms with van der Waals surface area (Å²) in [6, 6.07) is 0. The molecule has 0 spiro atoms. The Bertz CT molecular complexity index is 761. The number of aromatic nitrogens is 4. The zero-order chi connectivity index (χ0) is 16.4. The summed E-state index contributed by atoms with van der Waals surface area (Å²) < 4.78 is 19.5. The van der Waals surface area contributed by atoms with Gasteiger partial charge in [-0.05, 0) is 20.8 Å².